The van der Waals surface area contributed by atoms with E-state index in [4.69, 9.17) is 16.3 Å². The van der Waals surface area contributed by atoms with Crippen molar-refractivity contribution < 1.29 is 22.7 Å². The molecule has 0 spiro atoms. The van der Waals surface area contributed by atoms with Crippen LogP contribution in [0.1, 0.15) is 62.0 Å². The molecule has 1 amide bonds. The van der Waals surface area contributed by atoms with Gasteiger partial charge >= 0.3 is 6.18 Å². The molecule has 0 unspecified atom stereocenters. The molecule has 1 aliphatic rings. The number of halogens is 4. The number of rotatable bonds is 4. The predicted octanol–water partition coefficient (Wildman–Crippen LogP) is 6.24. The van der Waals surface area contributed by atoms with Crippen molar-refractivity contribution >= 4 is 17.5 Å². The molecule has 1 heterocycles. The molecule has 0 saturated carbocycles. The Morgan fingerprint density at radius 3 is 2.34 bits per heavy atom. The van der Waals surface area contributed by atoms with Gasteiger partial charge in [0.25, 0.3) is 0 Å². The van der Waals surface area contributed by atoms with Crippen LogP contribution in [-0.2, 0) is 15.7 Å². The molecular weight excluding hydrogens is 403 g/mol. The van der Waals surface area contributed by atoms with E-state index in [1.165, 1.54) is 6.07 Å². The van der Waals surface area contributed by atoms with Gasteiger partial charge in [-0.3, -0.25) is 4.79 Å². The molecule has 1 aliphatic heterocycles. The van der Waals surface area contributed by atoms with Gasteiger partial charge in [0, 0.05) is 29.8 Å². The van der Waals surface area contributed by atoms with Crippen molar-refractivity contribution in [2.24, 2.45) is 0 Å². The third-order valence-corrected chi connectivity index (χ3v) is 5.44. The fourth-order valence-electron chi connectivity index (χ4n) is 3.71. The summed E-state index contributed by atoms with van der Waals surface area (Å²) in [6.07, 6.45) is -4.19. The highest BCUT2D eigenvalue weighted by molar-refractivity contribution is 6.30. The fraction of sp³-hybridized carbons (Fsp3) is 0.409. The first-order chi connectivity index (χ1) is 13.6. The first kappa shape index (κ1) is 21.7. The summed E-state index contributed by atoms with van der Waals surface area (Å²) in [4.78, 5) is 12.1. The molecule has 29 heavy (non-hydrogen) atoms. The second kappa shape index (κ2) is 8.36. The lowest BCUT2D eigenvalue weighted by Crippen LogP contribution is -2.50. The fourth-order valence-corrected chi connectivity index (χ4v) is 3.83. The van der Waals surface area contributed by atoms with E-state index in [2.05, 4.69) is 5.32 Å². The number of ether oxygens (including phenoxy) is 1. The van der Waals surface area contributed by atoms with Crippen LogP contribution >= 0.6 is 11.6 Å². The first-order valence-corrected chi connectivity index (χ1v) is 9.86. The highest BCUT2D eigenvalue weighted by Gasteiger charge is 2.41. The van der Waals surface area contributed by atoms with Gasteiger partial charge in [0.1, 0.15) is 0 Å². The minimum absolute atomic E-state index is 0.105. The minimum Gasteiger partial charge on any atom is -0.365 e. The molecule has 7 heteroatoms. The van der Waals surface area contributed by atoms with E-state index in [0.717, 1.165) is 17.7 Å². The Hall–Kier alpha value is -2.05. The van der Waals surface area contributed by atoms with E-state index in [9.17, 15) is 18.0 Å². The zero-order chi connectivity index (χ0) is 21.2. The standard InChI is InChI=1S/C22H23ClF3NO2/c1-3-20(28)27-21(2)12-18(14-7-9-17(23)10-8-14)29-19(13-21)15-5-4-6-16(11-15)22(24,25)26/h4-11,18-19H,3,12-13H2,1-2H3,(H,27,28)/t18-,19+,21+/m0/s1. The first-order valence-electron chi connectivity index (χ1n) is 9.49. The van der Waals surface area contributed by atoms with Crippen molar-refractivity contribution in [2.45, 2.75) is 57.0 Å². The van der Waals surface area contributed by atoms with Gasteiger partial charge in [-0.05, 0) is 42.3 Å². The lowest BCUT2D eigenvalue weighted by molar-refractivity contribution is -0.137. The zero-order valence-electron chi connectivity index (χ0n) is 16.2. The van der Waals surface area contributed by atoms with Crippen LogP contribution < -0.4 is 5.32 Å². The number of amides is 1. The molecule has 3 atom stereocenters. The number of hydrogen-bond donors (Lipinski definition) is 1. The number of nitrogens with one attached hydrogen (secondary N) is 1. The smallest absolute Gasteiger partial charge is 0.365 e. The number of carbonyl (C=O) groups excluding carboxylic acids is 1. The summed E-state index contributed by atoms with van der Waals surface area (Å²) in [5.41, 5.74) is -0.0285. The third kappa shape index (κ3) is 5.31. The van der Waals surface area contributed by atoms with Gasteiger partial charge in [0.2, 0.25) is 5.91 Å². The number of benzene rings is 2. The molecule has 3 nitrogen and oxygen atoms in total. The van der Waals surface area contributed by atoms with Crippen LogP contribution in [0.2, 0.25) is 5.02 Å². The zero-order valence-corrected chi connectivity index (χ0v) is 17.0. The molecule has 0 aliphatic carbocycles. The lowest BCUT2D eigenvalue weighted by Gasteiger charge is -2.43. The predicted molar refractivity (Wildman–Crippen MR) is 106 cm³/mol. The Labute approximate surface area is 173 Å². The maximum absolute atomic E-state index is 13.2. The van der Waals surface area contributed by atoms with Gasteiger partial charge in [0.15, 0.2) is 0 Å². The van der Waals surface area contributed by atoms with Crippen LogP contribution in [0.4, 0.5) is 13.2 Å². The highest BCUT2D eigenvalue weighted by Crippen LogP contribution is 2.44. The Morgan fingerprint density at radius 1 is 1.14 bits per heavy atom. The maximum Gasteiger partial charge on any atom is 0.416 e. The monoisotopic (exact) mass is 425 g/mol. The molecule has 1 saturated heterocycles. The number of hydrogen-bond acceptors (Lipinski definition) is 2. The van der Waals surface area contributed by atoms with Crippen molar-refractivity contribution in [1.29, 1.82) is 0 Å². The SMILES string of the molecule is CCC(=O)N[C@]1(C)C[C@@H](c2ccc(Cl)cc2)O[C@@H](c2cccc(C(F)(F)F)c2)C1. The van der Waals surface area contributed by atoms with Crippen molar-refractivity contribution in [3.63, 3.8) is 0 Å². The summed E-state index contributed by atoms with van der Waals surface area (Å²) in [5.74, 6) is -0.105. The molecule has 2 aromatic carbocycles. The van der Waals surface area contributed by atoms with Crippen LogP contribution in [0, 0.1) is 0 Å². The van der Waals surface area contributed by atoms with Crippen LogP contribution in [0.3, 0.4) is 0 Å². The molecule has 2 aromatic rings. The van der Waals surface area contributed by atoms with Crippen LogP contribution in [0.25, 0.3) is 0 Å². The van der Waals surface area contributed by atoms with E-state index in [-0.39, 0.29) is 12.0 Å². The summed E-state index contributed by atoms with van der Waals surface area (Å²) in [7, 11) is 0. The summed E-state index contributed by atoms with van der Waals surface area (Å²) in [6.45, 7) is 3.67. The van der Waals surface area contributed by atoms with E-state index in [1.54, 1.807) is 25.1 Å². The molecular formula is C22H23ClF3NO2. The summed E-state index contributed by atoms with van der Waals surface area (Å²) in [5, 5.41) is 3.62. The molecule has 156 valence electrons. The third-order valence-electron chi connectivity index (χ3n) is 5.19. The van der Waals surface area contributed by atoms with E-state index < -0.39 is 23.4 Å². The molecule has 1 N–H and O–H groups in total. The van der Waals surface area contributed by atoms with Gasteiger partial charge in [-0.25, -0.2) is 0 Å². The van der Waals surface area contributed by atoms with Gasteiger partial charge in [-0.15, -0.1) is 0 Å². The van der Waals surface area contributed by atoms with Crippen LogP contribution in [0.15, 0.2) is 48.5 Å². The molecule has 1 fully saturated rings. The van der Waals surface area contributed by atoms with Gasteiger partial charge in [-0.1, -0.05) is 42.8 Å². The summed E-state index contributed by atoms with van der Waals surface area (Å²) in [6, 6.07) is 12.3. The molecule has 0 bridgehead atoms. The minimum atomic E-state index is -4.43. The van der Waals surface area contributed by atoms with Crippen molar-refractivity contribution in [2.75, 3.05) is 0 Å². The summed E-state index contributed by atoms with van der Waals surface area (Å²) >= 11 is 5.97. The molecule has 0 radical (unpaired) electrons. The number of alkyl halides is 3. The lowest BCUT2D eigenvalue weighted by atomic mass is 9.81. The van der Waals surface area contributed by atoms with Crippen LogP contribution in [-0.4, -0.2) is 11.4 Å². The van der Waals surface area contributed by atoms with Gasteiger partial charge in [-0.2, -0.15) is 13.2 Å². The van der Waals surface area contributed by atoms with Gasteiger partial charge < -0.3 is 10.1 Å². The quantitative estimate of drug-likeness (QED) is 0.630. The van der Waals surface area contributed by atoms with E-state index in [1.807, 2.05) is 19.1 Å². The van der Waals surface area contributed by atoms with Crippen molar-refractivity contribution in [3.8, 4) is 0 Å². The molecule has 0 aromatic heterocycles. The Balaban J connectivity index is 1.95. The normalized spacial score (nSPS) is 24.9. The Kier molecular flexibility index (Phi) is 6.24. The number of carbonyl (C=O) groups is 1. The Morgan fingerprint density at radius 2 is 1.76 bits per heavy atom. The van der Waals surface area contributed by atoms with Crippen LogP contribution in [0.5, 0.6) is 0 Å². The molecule has 3 rings (SSSR count). The van der Waals surface area contributed by atoms with Crippen molar-refractivity contribution in [3.05, 3.63) is 70.2 Å². The second-order valence-corrected chi connectivity index (χ2v) is 8.10. The Bertz CT molecular complexity index is 869. The summed E-state index contributed by atoms with van der Waals surface area (Å²) < 4.78 is 45.7. The topological polar surface area (TPSA) is 38.3 Å². The van der Waals surface area contributed by atoms with E-state index in [0.29, 0.717) is 29.8 Å². The van der Waals surface area contributed by atoms with Crippen molar-refractivity contribution in [1.82, 2.24) is 5.32 Å². The largest absolute Gasteiger partial charge is 0.416 e. The maximum atomic E-state index is 13.2. The second-order valence-electron chi connectivity index (χ2n) is 7.66. The van der Waals surface area contributed by atoms with Gasteiger partial charge in [0.05, 0.1) is 17.8 Å². The van der Waals surface area contributed by atoms with E-state index >= 15 is 0 Å². The average Bonchev–Trinajstić information content (AvgIpc) is 2.67. The highest BCUT2D eigenvalue weighted by atomic mass is 35.5. The average molecular weight is 426 g/mol.